The SMILES string of the molecule is O=C1CC(c2cccc(F)c2)ON1. The number of halogens is 1. The summed E-state index contributed by atoms with van der Waals surface area (Å²) in [6.07, 6.45) is -0.105. The van der Waals surface area contributed by atoms with Gasteiger partial charge in [-0.05, 0) is 17.7 Å². The van der Waals surface area contributed by atoms with Gasteiger partial charge in [0.25, 0.3) is 0 Å². The van der Waals surface area contributed by atoms with Crippen molar-refractivity contribution < 1.29 is 14.0 Å². The molecule has 0 aliphatic carbocycles. The molecule has 1 fully saturated rings. The number of carbonyl (C=O) groups is 1. The molecule has 1 aromatic carbocycles. The Morgan fingerprint density at radius 1 is 1.54 bits per heavy atom. The van der Waals surface area contributed by atoms with Crippen LogP contribution in [-0.2, 0) is 9.63 Å². The van der Waals surface area contributed by atoms with E-state index >= 15 is 0 Å². The van der Waals surface area contributed by atoms with Crippen molar-refractivity contribution in [2.45, 2.75) is 12.5 Å². The van der Waals surface area contributed by atoms with E-state index < -0.39 is 0 Å². The monoisotopic (exact) mass is 181 g/mol. The number of nitrogens with one attached hydrogen (secondary N) is 1. The normalized spacial score (nSPS) is 21.6. The molecule has 2 rings (SSSR count). The Bertz CT molecular complexity index is 340. The van der Waals surface area contributed by atoms with Crippen molar-refractivity contribution in [3.63, 3.8) is 0 Å². The Morgan fingerprint density at radius 2 is 2.38 bits per heavy atom. The van der Waals surface area contributed by atoms with Crippen molar-refractivity contribution in [3.8, 4) is 0 Å². The van der Waals surface area contributed by atoms with Crippen LogP contribution in [0.25, 0.3) is 0 Å². The molecule has 3 nitrogen and oxygen atoms in total. The molecule has 0 aromatic heterocycles. The molecule has 1 saturated heterocycles. The molecular formula is C9H8FNO2. The van der Waals surface area contributed by atoms with Gasteiger partial charge in [0, 0.05) is 0 Å². The summed E-state index contributed by atoms with van der Waals surface area (Å²) < 4.78 is 12.8. The lowest BCUT2D eigenvalue weighted by Gasteiger charge is -2.06. The lowest BCUT2D eigenvalue weighted by molar-refractivity contribution is -0.124. The average Bonchev–Trinajstić information content (AvgIpc) is 2.52. The van der Waals surface area contributed by atoms with Crippen molar-refractivity contribution in [2.24, 2.45) is 0 Å². The summed E-state index contributed by atoms with van der Waals surface area (Å²) in [4.78, 5) is 15.7. The minimum atomic E-state index is -0.358. The maximum Gasteiger partial charge on any atom is 0.246 e. The molecule has 0 radical (unpaired) electrons. The quantitative estimate of drug-likeness (QED) is 0.709. The van der Waals surface area contributed by atoms with E-state index in [4.69, 9.17) is 4.84 Å². The molecule has 1 N–H and O–H groups in total. The smallest absolute Gasteiger partial charge is 0.246 e. The standard InChI is InChI=1S/C9H8FNO2/c10-7-3-1-2-6(4-7)8-5-9(12)11-13-8/h1-4,8H,5H2,(H,11,12). The molecule has 1 unspecified atom stereocenters. The van der Waals surface area contributed by atoms with Crippen LogP contribution in [0.2, 0.25) is 0 Å². The predicted molar refractivity (Wildman–Crippen MR) is 43.0 cm³/mol. The van der Waals surface area contributed by atoms with Gasteiger partial charge in [-0.1, -0.05) is 12.1 Å². The van der Waals surface area contributed by atoms with Crippen LogP contribution in [0.4, 0.5) is 4.39 Å². The van der Waals surface area contributed by atoms with E-state index in [1.165, 1.54) is 12.1 Å². The first-order valence-electron chi connectivity index (χ1n) is 3.95. The highest BCUT2D eigenvalue weighted by molar-refractivity contribution is 5.77. The van der Waals surface area contributed by atoms with Crippen molar-refractivity contribution in [3.05, 3.63) is 35.6 Å². The van der Waals surface area contributed by atoms with Gasteiger partial charge in [-0.25, -0.2) is 9.87 Å². The van der Waals surface area contributed by atoms with Gasteiger partial charge in [-0.3, -0.25) is 9.63 Å². The first-order chi connectivity index (χ1) is 6.25. The number of hydroxylamine groups is 1. The lowest BCUT2D eigenvalue weighted by Crippen LogP contribution is -2.11. The van der Waals surface area contributed by atoms with Crippen LogP contribution in [0.5, 0.6) is 0 Å². The summed E-state index contributed by atoms with van der Waals surface area (Å²) in [7, 11) is 0. The fourth-order valence-electron chi connectivity index (χ4n) is 1.28. The van der Waals surface area contributed by atoms with E-state index in [1.807, 2.05) is 0 Å². The third-order valence-corrected chi connectivity index (χ3v) is 1.91. The van der Waals surface area contributed by atoms with Gasteiger partial charge in [0.1, 0.15) is 11.9 Å². The van der Waals surface area contributed by atoms with E-state index in [-0.39, 0.29) is 24.2 Å². The number of rotatable bonds is 1. The molecule has 1 atom stereocenters. The third kappa shape index (κ3) is 1.67. The largest absolute Gasteiger partial charge is 0.273 e. The second kappa shape index (κ2) is 3.14. The molecule has 1 aromatic rings. The van der Waals surface area contributed by atoms with Gasteiger partial charge in [0.2, 0.25) is 5.91 Å². The average molecular weight is 181 g/mol. The van der Waals surface area contributed by atoms with Gasteiger partial charge in [-0.15, -0.1) is 0 Å². The van der Waals surface area contributed by atoms with E-state index in [9.17, 15) is 9.18 Å². The number of benzene rings is 1. The summed E-state index contributed by atoms with van der Waals surface area (Å²) >= 11 is 0. The molecule has 68 valence electrons. The van der Waals surface area contributed by atoms with Crippen LogP contribution >= 0.6 is 0 Å². The van der Waals surface area contributed by atoms with E-state index in [2.05, 4.69) is 5.48 Å². The Kier molecular flexibility index (Phi) is 1.98. The minimum Gasteiger partial charge on any atom is -0.273 e. The highest BCUT2D eigenvalue weighted by Crippen LogP contribution is 2.24. The van der Waals surface area contributed by atoms with Crippen LogP contribution < -0.4 is 5.48 Å². The maximum absolute atomic E-state index is 12.8. The molecule has 1 aliphatic rings. The van der Waals surface area contributed by atoms with Gasteiger partial charge in [-0.2, -0.15) is 0 Å². The molecule has 1 amide bonds. The maximum atomic E-state index is 12.8. The number of carbonyl (C=O) groups excluding carboxylic acids is 1. The zero-order valence-corrected chi connectivity index (χ0v) is 6.79. The van der Waals surface area contributed by atoms with Crippen molar-refractivity contribution in [1.29, 1.82) is 0 Å². The molecule has 1 heterocycles. The predicted octanol–water partition coefficient (Wildman–Crippen LogP) is 1.32. The van der Waals surface area contributed by atoms with Crippen LogP contribution in [0.1, 0.15) is 18.1 Å². The number of amides is 1. The molecule has 13 heavy (non-hydrogen) atoms. The lowest BCUT2D eigenvalue weighted by atomic mass is 10.1. The Morgan fingerprint density at radius 3 is 3.00 bits per heavy atom. The Balaban J connectivity index is 2.21. The summed E-state index contributed by atoms with van der Waals surface area (Å²) in [5.41, 5.74) is 2.91. The number of hydrogen-bond donors (Lipinski definition) is 1. The fraction of sp³-hybridized carbons (Fsp3) is 0.222. The summed E-state index contributed by atoms with van der Waals surface area (Å²) in [5.74, 6) is -0.491. The zero-order valence-electron chi connectivity index (χ0n) is 6.79. The first kappa shape index (κ1) is 8.19. The van der Waals surface area contributed by atoms with Gasteiger partial charge in [0.15, 0.2) is 0 Å². The highest BCUT2D eigenvalue weighted by Gasteiger charge is 2.24. The Labute approximate surface area is 74.5 Å². The first-order valence-corrected chi connectivity index (χ1v) is 3.95. The van der Waals surface area contributed by atoms with Crippen LogP contribution in [0.15, 0.2) is 24.3 Å². The summed E-state index contributed by atoms with van der Waals surface area (Å²) in [6.45, 7) is 0. The summed E-state index contributed by atoms with van der Waals surface area (Å²) in [5, 5.41) is 0. The molecule has 0 saturated carbocycles. The molecule has 0 spiro atoms. The van der Waals surface area contributed by atoms with Gasteiger partial charge >= 0.3 is 0 Å². The van der Waals surface area contributed by atoms with Gasteiger partial charge in [0.05, 0.1) is 6.42 Å². The summed E-state index contributed by atoms with van der Waals surface area (Å²) in [6, 6.07) is 6.05. The minimum absolute atomic E-state index is 0.172. The van der Waals surface area contributed by atoms with Crippen molar-refractivity contribution in [2.75, 3.05) is 0 Å². The van der Waals surface area contributed by atoms with Crippen LogP contribution in [0, 0.1) is 5.82 Å². The topological polar surface area (TPSA) is 38.3 Å². The number of hydrogen-bond acceptors (Lipinski definition) is 2. The van der Waals surface area contributed by atoms with Crippen molar-refractivity contribution >= 4 is 5.91 Å². The molecule has 4 heteroatoms. The van der Waals surface area contributed by atoms with Crippen LogP contribution in [-0.4, -0.2) is 5.91 Å². The third-order valence-electron chi connectivity index (χ3n) is 1.91. The van der Waals surface area contributed by atoms with E-state index in [0.29, 0.717) is 5.56 Å². The molecule has 0 bridgehead atoms. The molecule has 1 aliphatic heterocycles. The van der Waals surface area contributed by atoms with E-state index in [0.717, 1.165) is 0 Å². The highest BCUT2D eigenvalue weighted by atomic mass is 19.1. The zero-order chi connectivity index (χ0) is 9.26. The van der Waals surface area contributed by atoms with E-state index in [1.54, 1.807) is 12.1 Å². The van der Waals surface area contributed by atoms with Crippen LogP contribution in [0.3, 0.4) is 0 Å². The second-order valence-corrected chi connectivity index (χ2v) is 2.89. The second-order valence-electron chi connectivity index (χ2n) is 2.89. The molecular weight excluding hydrogens is 173 g/mol. The van der Waals surface area contributed by atoms with Gasteiger partial charge < -0.3 is 0 Å². The Hall–Kier alpha value is -1.42. The fourth-order valence-corrected chi connectivity index (χ4v) is 1.28. The van der Waals surface area contributed by atoms with Crippen molar-refractivity contribution in [1.82, 2.24) is 5.48 Å².